The Labute approximate surface area is 172 Å². The molecule has 0 bridgehead atoms. The van der Waals surface area contributed by atoms with Gasteiger partial charge in [-0.3, -0.25) is 14.4 Å². The Hall–Kier alpha value is -3.20. The minimum atomic E-state index is -1.12. The highest BCUT2D eigenvalue weighted by Gasteiger charge is 2.52. The molecule has 1 fully saturated rings. The van der Waals surface area contributed by atoms with E-state index in [0.717, 1.165) is 5.56 Å². The monoisotopic (exact) mass is 413 g/mol. The van der Waals surface area contributed by atoms with Gasteiger partial charge in [0.15, 0.2) is 11.6 Å². The maximum Gasteiger partial charge on any atom is 0.325 e. The summed E-state index contributed by atoms with van der Waals surface area (Å²) < 4.78 is 3.37. The van der Waals surface area contributed by atoms with Crippen LogP contribution in [0.3, 0.4) is 0 Å². The third kappa shape index (κ3) is 3.07. The van der Waals surface area contributed by atoms with Gasteiger partial charge in [-0.05, 0) is 30.7 Å². The van der Waals surface area contributed by atoms with E-state index in [0.29, 0.717) is 28.7 Å². The quantitative estimate of drug-likeness (QED) is 0.647. The zero-order valence-electron chi connectivity index (χ0n) is 16.3. The van der Waals surface area contributed by atoms with Gasteiger partial charge in [0.1, 0.15) is 5.54 Å². The fourth-order valence-electron chi connectivity index (χ4n) is 3.54. The van der Waals surface area contributed by atoms with Gasteiger partial charge in [-0.2, -0.15) is 5.10 Å². The molecule has 1 aliphatic rings. The van der Waals surface area contributed by atoms with E-state index in [9.17, 15) is 9.59 Å². The highest BCUT2D eigenvalue weighted by atomic mass is 35.5. The second kappa shape index (κ2) is 7.00. The fourth-order valence-corrected chi connectivity index (χ4v) is 3.67. The average Bonchev–Trinajstić information content (AvgIpc) is 3.36. The van der Waals surface area contributed by atoms with Crippen molar-refractivity contribution >= 4 is 23.5 Å². The molecule has 1 saturated heterocycles. The number of carbonyl (C=O) groups is 2. The van der Waals surface area contributed by atoms with Gasteiger partial charge in [-0.25, -0.2) is 4.79 Å². The number of urea groups is 1. The van der Waals surface area contributed by atoms with Gasteiger partial charge in [-0.15, -0.1) is 10.2 Å². The molecule has 1 aromatic carbocycles. The standard InChI is InChI=1S/C19H20ClN7O2/c1-4-19(13-9-21-25(2)10-13)17(28)27(18(29)22-19)11-15-23-24-16(26(15)3)12-5-7-14(20)8-6-12/h5-10H,4,11H2,1-3H3,(H,22,29). The first-order chi connectivity index (χ1) is 13.9. The number of hydrogen-bond acceptors (Lipinski definition) is 5. The maximum atomic E-state index is 13.2. The van der Waals surface area contributed by atoms with Gasteiger partial charge in [0.05, 0.1) is 12.7 Å². The minimum Gasteiger partial charge on any atom is -0.319 e. The minimum absolute atomic E-state index is 0.0176. The van der Waals surface area contributed by atoms with Crippen molar-refractivity contribution in [1.29, 1.82) is 0 Å². The Balaban J connectivity index is 1.63. The van der Waals surface area contributed by atoms with E-state index in [-0.39, 0.29) is 12.5 Å². The molecule has 0 radical (unpaired) electrons. The number of rotatable bonds is 5. The highest BCUT2D eigenvalue weighted by molar-refractivity contribution is 6.30. The van der Waals surface area contributed by atoms with Crippen molar-refractivity contribution in [2.75, 3.05) is 0 Å². The van der Waals surface area contributed by atoms with Crippen LogP contribution in [0.4, 0.5) is 4.79 Å². The van der Waals surface area contributed by atoms with Crippen molar-refractivity contribution in [2.45, 2.75) is 25.4 Å². The summed E-state index contributed by atoms with van der Waals surface area (Å²) in [6.45, 7) is 1.87. The Morgan fingerprint density at radius 1 is 1.14 bits per heavy atom. The Morgan fingerprint density at radius 2 is 1.86 bits per heavy atom. The van der Waals surface area contributed by atoms with E-state index >= 15 is 0 Å². The summed E-state index contributed by atoms with van der Waals surface area (Å²) in [4.78, 5) is 27.1. The molecular formula is C19H20ClN7O2. The van der Waals surface area contributed by atoms with E-state index in [1.807, 2.05) is 19.1 Å². The normalized spacial score (nSPS) is 19.1. The van der Waals surface area contributed by atoms with Crippen LogP contribution in [-0.2, 0) is 31.0 Å². The molecule has 0 saturated carbocycles. The van der Waals surface area contributed by atoms with Crippen molar-refractivity contribution in [1.82, 2.24) is 34.8 Å². The molecule has 3 heterocycles. The molecule has 1 unspecified atom stereocenters. The van der Waals surface area contributed by atoms with Crippen molar-refractivity contribution < 1.29 is 9.59 Å². The van der Waals surface area contributed by atoms with Gasteiger partial charge in [0.2, 0.25) is 0 Å². The van der Waals surface area contributed by atoms with Crippen LogP contribution in [0.15, 0.2) is 36.7 Å². The lowest BCUT2D eigenvalue weighted by Gasteiger charge is -2.23. The molecule has 0 aliphatic carbocycles. The molecule has 10 heteroatoms. The number of aryl methyl sites for hydroxylation is 1. The summed E-state index contributed by atoms with van der Waals surface area (Å²) >= 11 is 5.94. The Morgan fingerprint density at radius 3 is 2.48 bits per heavy atom. The smallest absolute Gasteiger partial charge is 0.319 e. The molecular weight excluding hydrogens is 394 g/mol. The highest BCUT2D eigenvalue weighted by Crippen LogP contribution is 2.33. The average molecular weight is 414 g/mol. The van der Waals surface area contributed by atoms with E-state index in [1.165, 1.54) is 4.90 Å². The number of benzene rings is 1. The molecule has 9 nitrogen and oxygen atoms in total. The van der Waals surface area contributed by atoms with Crippen LogP contribution >= 0.6 is 11.6 Å². The third-order valence-electron chi connectivity index (χ3n) is 5.27. The van der Waals surface area contributed by atoms with Crippen LogP contribution in [0.25, 0.3) is 11.4 Å². The van der Waals surface area contributed by atoms with Crippen LogP contribution in [0.2, 0.25) is 5.02 Å². The van der Waals surface area contributed by atoms with Crippen molar-refractivity contribution in [3.63, 3.8) is 0 Å². The summed E-state index contributed by atoms with van der Waals surface area (Å²) in [6.07, 6.45) is 3.76. The molecule has 2 aromatic heterocycles. The number of amides is 3. The molecule has 150 valence electrons. The molecule has 0 spiro atoms. The molecule has 1 aliphatic heterocycles. The van der Waals surface area contributed by atoms with Crippen LogP contribution < -0.4 is 5.32 Å². The van der Waals surface area contributed by atoms with Crippen molar-refractivity contribution in [2.24, 2.45) is 14.1 Å². The second-order valence-corrected chi connectivity index (χ2v) is 7.43. The Bertz CT molecular complexity index is 1090. The van der Waals surface area contributed by atoms with Gasteiger partial charge >= 0.3 is 6.03 Å². The molecule has 1 atom stereocenters. The van der Waals surface area contributed by atoms with Crippen LogP contribution in [0, 0.1) is 0 Å². The number of aromatic nitrogens is 5. The van der Waals surface area contributed by atoms with Gasteiger partial charge < -0.3 is 9.88 Å². The van der Waals surface area contributed by atoms with Gasteiger partial charge in [0.25, 0.3) is 5.91 Å². The third-order valence-corrected chi connectivity index (χ3v) is 5.52. The lowest BCUT2D eigenvalue weighted by molar-refractivity contribution is -0.132. The molecule has 1 N–H and O–H groups in total. The topological polar surface area (TPSA) is 97.9 Å². The second-order valence-electron chi connectivity index (χ2n) is 6.99. The largest absolute Gasteiger partial charge is 0.325 e. The number of imide groups is 1. The van der Waals surface area contributed by atoms with Gasteiger partial charge in [-0.1, -0.05) is 18.5 Å². The lowest BCUT2D eigenvalue weighted by Crippen LogP contribution is -2.43. The predicted octanol–water partition coefficient (Wildman–Crippen LogP) is 2.23. The fraction of sp³-hybridized carbons (Fsp3) is 0.316. The lowest BCUT2D eigenvalue weighted by atomic mass is 9.89. The van der Waals surface area contributed by atoms with Crippen LogP contribution in [0.5, 0.6) is 0 Å². The molecule has 4 rings (SSSR count). The van der Waals surface area contributed by atoms with Crippen LogP contribution in [0.1, 0.15) is 24.7 Å². The predicted molar refractivity (Wildman–Crippen MR) is 106 cm³/mol. The van der Waals surface area contributed by atoms with E-state index < -0.39 is 11.6 Å². The van der Waals surface area contributed by atoms with Crippen molar-refractivity contribution in [3.8, 4) is 11.4 Å². The number of halogens is 1. The number of nitrogens with one attached hydrogen (secondary N) is 1. The Kier molecular flexibility index (Phi) is 4.62. The first-order valence-corrected chi connectivity index (χ1v) is 9.51. The number of hydrogen-bond donors (Lipinski definition) is 1. The van der Waals surface area contributed by atoms with E-state index in [2.05, 4.69) is 20.6 Å². The summed E-state index contributed by atoms with van der Waals surface area (Å²) in [5, 5.41) is 16.0. The zero-order valence-corrected chi connectivity index (χ0v) is 17.0. The summed E-state index contributed by atoms with van der Waals surface area (Å²) in [5.74, 6) is 0.795. The summed E-state index contributed by atoms with van der Waals surface area (Å²) in [7, 11) is 3.57. The van der Waals surface area contributed by atoms with E-state index in [1.54, 1.807) is 47.9 Å². The van der Waals surface area contributed by atoms with E-state index in [4.69, 9.17) is 11.6 Å². The zero-order chi connectivity index (χ0) is 20.8. The first kappa shape index (κ1) is 19.1. The van der Waals surface area contributed by atoms with Crippen LogP contribution in [-0.4, -0.2) is 41.4 Å². The summed E-state index contributed by atoms with van der Waals surface area (Å²) in [5.41, 5.74) is 0.373. The number of carbonyl (C=O) groups excluding carboxylic acids is 2. The molecule has 29 heavy (non-hydrogen) atoms. The first-order valence-electron chi connectivity index (χ1n) is 9.13. The number of nitrogens with zero attached hydrogens (tertiary/aromatic N) is 6. The SMILES string of the molecule is CCC1(c2cnn(C)c2)NC(=O)N(Cc2nnc(-c3ccc(Cl)cc3)n2C)C1=O. The molecule has 3 aromatic rings. The van der Waals surface area contributed by atoms with Gasteiger partial charge in [0, 0.05) is 36.4 Å². The molecule has 3 amide bonds. The summed E-state index contributed by atoms with van der Waals surface area (Å²) in [6, 6.07) is 6.76. The van der Waals surface area contributed by atoms with Crippen molar-refractivity contribution in [3.05, 3.63) is 53.1 Å². The maximum absolute atomic E-state index is 13.2.